The number of carbonyl (C=O) groups excluding carboxylic acids is 1. The number of ether oxygens (including phenoxy) is 1. The topological polar surface area (TPSA) is 71.1 Å². The molecule has 0 unspecified atom stereocenters. The Labute approximate surface area is 135 Å². The van der Waals surface area contributed by atoms with Crippen molar-refractivity contribution >= 4 is 5.91 Å². The van der Waals surface area contributed by atoms with Gasteiger partial charge < -0.3 is 9.64 Å². The average molecular weight is 314 g/mol. The Morgan fingerprint density at radius 3 is 2.83 bits per heavy atom. The molecule has 122 valence electrons. The highest BCUT2D eigenvalue weighted by Crippen LogP contribution is 2.32. The number of benzene rings is 1. The van der Waals surface area contributed by atoms with Crippen molar-refractivity contribution < 1.29 is 9.53 Å². The molecule has 1 aliphatic rings. The number of methoxy groups -OCH3 is 1. The van der Waals surface area contributed by atoms with Gasteiger partial charge in [0, 0.05) is 26.5 Å². The number of amides is 1. The van der Waals surface area contributed by atoms with Gasteiger partial charge in [-0.15, -0.1) is 0 Å². The van der Waals surface area contributed by atoms with E-state index in [1.54, 1.807) is 7.11 Å². The van der Waals surface area contributed by atoms with Crippen molar-refractivity contribution in [3.63, 3.8) is 0 Å². The van der Waals surface area contributed by atoms with Gasteiger partial charge in [-0.05, 0) is 18.9 Å². The molecular formula is C17H22N4O2. The third-order valence-corrected chi connectivity index (χ3v) is 4.30. The van der Waals surface area contributed by atoms with E-state index in [9.17, 15) is 4.79 Å². The van der Waals surface area contributed by atoms with Crippen LogP contribution in [0.5, 0.6) is 0 Å². The van der Waals surface area contributed by atoms with E-state index in [0.717, 1.165) is 18.7 Å². The van der Waals surface area contributed by atoms with Gasteiger partial charge in [-0.2, -0.15) is 5.10 Å². The average Bonchev–Trinajstić information content (AvgIpc) is 3.19. The van der Waals surface area contributed by atoms with Gasteiger partial charge in [0.15, 0.2) is 5.82 Å². The third kappa shape index (κ3) is 3.59. The number of aryl methyl sites for hydroxylation is 2. The highest BCUT2D eigenvalue weighted by molar-refractivity contribution is 5.77. The molecule has 23 heavy (non-hydrogen) atoms. The largest absolute Gasteiger partial charge is 0.380 e. The Morgan fingerprint density at radius 1 is 1.39 bits per heavy atom. The van der Waals surface area contributed by atoms with E-state index in [1.807, 2.05) is 42.2 Å². The Morgan fingerprint density at radius 2 is 2.17 bits per heavy atom. The molecule has 0 radical (unpaired) electrons. The Hall–Kier alpha value is -2.21. The summed E-state index contributed by atoms with van der Waals surface area (Å²) >= 11 is 0. The van der Waals surface area contributed by atoms with Crippen molar-refractivity contribution in [3.8, 4) is 0 Å². The lowest BCUT2D eigenvalue weighted by molar-refractivity contribution is -0.132. The molecule has 1 fully saturated rings. The predicted molar refractivity (Wildman–Crippen MR) is 85.8 cm³/mol. The number of nitrogens with zero attached hydrogens (tertiary/aromatic N) is 3. The van der Waals surface area contributed by atoms with E-state index in [2.05, 4.69) is 15.2 Å². The van der Waals surface area contributed by atoms with Gasteiger partial charge in [-0.1, -0.05) is 30.3 Å². The number of aromatic amines is 1. The van der Waals surface area contributed by atoms with Crippen LogP contribution in [0.4, 0.5) is 0 Å². The van der Waals surface area contributed by atoms with E-state index in [4.69, 9.17) is 4.74 Å². The summed E-state index contributed by atoms with van der Waals surface area (Å²) in [5.74, 6) is 1.56. The standard InChI is InChI=1S/C17H22N4O2/c1-12-18-17(20-19-12)15-10-14(23-2)11-21(15)16(22)9-8-13-6-4-3-5-7-13/h3-7,14-15H,8-11H2,1-2H3,(H,18,19,20)/t14-,15-/m0/s1. The molecule has 1 amide bonds. The number of likely N-dealkylation sites (tertiary alicyclic amines) is 1. The summed E-state index contributed by atoms with van der Waals surface area (Å²) in [6.45, 7) is 2.46. The van der Waals surface area contributed by atoms with Crippen molar-refractivity contribution in [2.75, 3.05) is 13.7 Å². The maximum Gasteiger partial charge on any atom is 0.223 e. The Bertz CT molecular complexity index is 656. The maximum absolute atomic E-state index is 12.7. The summed E-state index contributed by atoms with van der Waals surface area (Å²) in [6, 6.07) is 9.96. The van der Waals surface area contributed by atoms with Crippen LogP contribution in [0.25, 0.3) is 0 Å². The first-order valence-electron chi connectivity index (χ1n) is 7.92. The van der Waals surface area contributed by atoms with Crippen LogP contribution in [0.3, 0.4) is 0 Å². The zero-order valence-corrected chi connectivity index (χ0v) is 13.5. The fraction of sp³-hybridized carbons (Fsp3) is 0.471. The SMILES string of the molecule is CO[C@H]1C[C@@H](c2n[nH]c(C)n2)N(C(=O)CCc2ccccc2)C1. The van der Waals surface area contributed by atoms with E-state index < -0.39 is 0 Å². The third-order valence-electron chi connectivity index (χ3n) is 4.30. The molecule has 1 N–H and O–H groups in total. The molecule has 0 bridgehead atoms. The Balaban J connectivity index is 1.69. The second-order valence-corrected chi connectivity index (χ2v) is 5.92. The first-order chi connectivity index (χ1) is 11.2. The van der Waals surface area contributed by atoms with Crippen molar-refractivity contribution in [1.82, 2.24) is 20.1 Å². The molecule has 3 rings (SSSR count). The molecule has 1 aromatic heterocycles. The lowest BCUT2D eigenvalue weighted by atomic mass is 10.1. The van der Waals surface area contributed by atoms with Gasteiger partial charge >= 0.3 is 0 Å². The van der Waals surface area contributed by atoms with E-state index in [1.165, 1.54) is 5.56 Å². The first kappa shape index (κ1) is 15.7. The quantitative estimate of drug-likeness (QED) is 0.916. The van der Waals surface area contributed by atoms with Crippen LogP contribution in [0, 0.1) is 6.92 Å². The van der Waals surface area contributed by atoms with Gasteiger partial charge in [-0.3, -0.25) is 9.89 Å². The minimum absolute atomic E-state index is 0.0412. The van der Waals surface area contributed by atoms with Crippen molar-refractivity contribution in [2.24, 2.45) is 0 Å². The number of nitrogens with one attached hydrogen (secondary N) is 1. The molecule has 2 atom stereocenters. The second kappa shape index (κ2) is 6.91. The first-order valence-corrected chi connectivity index (χ1v) is 7.92. The number of hydrogen-bond donors (Lipinski definition) is 1. The fourth-order valence-corrected chi connectivity index (χ4v) is 3.04. The normalized spacial score (nSPS) is 20.9. The molecule has 1 aliphatic heterocycles. The molecule has 0 spiro atoms. The highest BCUT2D eigenvalue weighted by Gasteiger charge is 2.38. The zero-order valence-electron chi connectivity index (χ0n) is 13.5. The highest BCUT2D eigenvalue weighted by atomic mass is 16.5. The van der Waals surface area contributed by atoms with Gasteiger partial charge in [0.25, 0.3) is 0 Å². The minimum atomic E-state index is -0.104. The Kier molecular flexibility index (Phi) is 4.71. The summed E-state index contributed by atoms with van der Waals surface area (Å²) in [4.78, 5) is 18.9. The number of aromatic nitrogens is 3. The van der Waals surface area contributed by atoms with Gasteiger partial charge in [-0.25, -0.2) is 4.98 Å². The summed E-state index contributed by atoms with van der Waals surface area (Å²) < 4.78 is 5.45. The van der Waals surface area contributed by atoms with E-state index in [-0.39, 0.29) is 18.1 Å². The van der Waals surface area contributed by atoms with E-state index in [0.29, 0.717) is 18.8 Å². The van der Waals surface area contributed by atoms with Crippen LogP contribution in [-0.2, 0) is 16.0 Å². The van der Waals surface area contributed by atoms with Gasteiger partial charge in [0.2, 0.25) is 5.91 Å². The molecule has 1 aromatic carbocycles. The molecule has 2 aromatic rings. The van der Waals surface area contributed by atoms with E-state index >= 15 is 0 Å². The zero-order chi connectivity index (χ0) is 16.2. The molecule has 6 heteroatoms. The number of hydrogen-bond acceptors (Lipinski definition) is 4. The number of carbonyl (C=O) groups is 1. The van der Waals surface area contributed by atoms with Crippen LogP contribution in [0.1, 0.15) is 36.1 Å². The summed E-state index contributed by atoms with van der Waals surface area (Å²) in [5, 5.41) is 7.09. The molecular weight excluding hydrogens is 292 g/mol. The fourth-order valence-electron chi connectivity index (χ4n) is 3.04. The van der Waals surface area contributed by atoms with Crippen LogP contribution in [-0.4, -0.2) is 45.7 Å². The smallest absolute Gasteiger partial charge is 0.223 e. The summed E-state index contributed by atoms with van der Waals surface area (Å²) in [7, 11) is 1.68. The van der Waals surface area contributed by atoms with Crippen LogP contribution >= 0.6 is 0 Å². The predicted octanol–water partition coefficient (Wildman–Crippen LogP) is 2.03. The number of rotatable bonds is 5. The summed E-state index contributed by atoms with van der Waals surface area (Å²) in [5.41, 5.74) is 1.17. The lowest BCUT2D eigenvalue weighted by Gasteiger charge is -2.22. The molecule has 0 saturated carbocycles. The molecule has 1 saturated heterocycles. The monoisotopic (exact) mass is 314 g/mol. The second-order valence-electron chi connectivity index (χ2n) is 5.92. The van der Waals surface area contributed by atoms with Crippen molar-refractivity contribution in [2.45, 2.75) is 38.3 Å². The summed E-state index contributed by atoms with van der Waals surface area (Å²) in [6.07, 6.45) is 2.01. The van der Waals surface area contributed by atoms with Crippen LogP contribution < -0.4 is 0 Å². The van der Waals surface area contributed by atoms with Gasteiger partial charge in [0.05, 0.1) is 12.1 Å². The molecule has 0 aliphatic carbocycles. The lowest BCUT2D eigenvalue weighted by Crippen LogP contribution is -2.32. The van der Waals surface area contributed by atoms with Crippen LogP contribution in [0.2, 0.25) is 0 Å². The molecule has 2 heterocycles. The van der Waals surface area contributed by atoms with Crippen LogP contribution in [0.15, 0.2) is 30.3 Å². The number of H-pyrrole nitrogens is 1. The van der Waals surface area contributed by atoms with Crippen molar-refractivity contribution in [1.29, 1.82) is 0 Å². The van der Waals surface area contributed by atoms with Crippen molar-refractivity contribution in [3.05, 3.63) is 47.5 Å². The van der Waals surface area contributed by atoms with Gasteiger partial charge in [0.1, 0.15) is 5.82 Å². The molecule has 6 nitrogen and oxygen atoms in total. The maximum atomic E-state index is 12.7. The minimum Gasteiger partial charge on any atom is -0.380 e.